The van der Waals surface area contributed by atoms with Gasteiger partial charge in [-0.05, 0) is 55.7 Å². The molecule has 6 heteroatoms. The van der Waals surface area contributed by atoms with Crippen LogP contribution in [0.25, 0.3) is 0 Å². The summed E-state index contributed by atoms with van der Waals surface area (Å²) in [5.41, 5.74) is 3.42. The number of fused-ring (bicyclic) bond motifs is 1. The highest BCUT2D eigenvalue weighted by molar-refractivity contribution is 9.10. The number of esters is 1. The first kappa shape index (κ1) is 17.5. The number of anilines is 1. The van der Waals surface area contributed by atoms with Crippen molar-refractivity contribution < 1.29 is 19.1 Å². The summed E-state index contributed by atoms with van der Waals surface area (Å²) in [6.07, 6.45) is 0. The van der Waals surface area contributed by atoms with Crippen molar-refractivity contribution in [3.63, 3.8) is 0 Å². The summed E-state index contributed by atoms with van der Waals surface area (Å²) < 4.78 is 11.8. The molecule has 0 atom stereocenters. The van der Waals surface area contributed by atoms with Crippen molar-refractivity contribution in [1.29, 1.82) is 0 Å². The van der Waals surface area contributed by atoms with E-state index in [2.05, 4.69) is 15.9 Å². The van der Waals surface area contributed by atoms with Crippen LogP contribution in [-0.2, 0) is 9.59 Å². The summed E-state index contributed by atoms with van der Waals surface area (Å²) >= 11 is 3.37. The van der Waals surface area contributed by atoms with Gasteiger partial charge in [0.25, 0.3) is 5.91 Å². The quantitative estimate of drug-likeness (QED) is 0.578. The minimum Gasteiger partial charge on any atom is -0.482 e. The molecule has 5 nitrogen and oxygen atoms in total. The molecule has 0 fully saturated rings. The molecular formula is C19H18BrNO4. The number of rotatable bonds is 3. The highest BCUT2D eigenvalue weighted by Crippen LogP contribution is 2.34. The third-order valence-corrected chi connectivity index (χ3v) is 4.73. The Morgan fingerprint density at radius 2 is 1.92 bits per heavy atom. The Labute approximate surface area is 154 Å². The van der Waals surface area contributed by atoms with Crippen LogP contribution in [0, 0.1) is 20.8 Å². The first-order chi connectivity index (χ1) is 11.9. The van der Waals surface area contributed by atoms with E-state index in [-0.39, 0.29) is 19.1 Å². The van der Waals surface area contributed by atoms with Gasteiger partial charge in [-0.25, -0.2) is 4.79 Å². The Balaban J connectivity index is 1.82. The van der Waals surface area contributed by atoms with Crippen molar-refractivity contribution in [2.24, 2.45) is 0 Å². The number of carbonyl (C=O) groups is 2. The predicted octanol–water partition coefficient (Wildman–Crippen LogP) is 3.71. The molecule has 25 heavy (non-hydrogen) atoms. The molecule has 3 rings (SSSR count). The first-order valence-electron chi connectivity index (χ1n) is 7.87. The molecular weight excluding hydrogens is 386 g/mol. The molecule has 0 radical (unpaired) electrons. The molecule has 1 amide bonds. The number of nitrogens with zero attached hydrogens (tertiary/aromatic N) is 1. The SMILES string of the molecule is Cc1ccc(C)c(OC(=O)CN2C(=O)COc3cc(Br)ccc32)c1C. The number of carbonyl (C=O) groups excluding carboxylic acids is 2. The summed E-state index contributed by atoms with van der Waals surface area (Å²) in [7, 11) is 0. The minimum atomic E-state index is -0.485. The molecule has 130 valence electrons. The molecule has 1 aliphatic rings. The molecule has 0 bridgehead atoms. The lowest BCUT2D eigenvalue weighted by atomic mass is 10.1. The Morgan fingerprint density at radius 3 is 2.68 bits per heavy atom. The van der Waals surface area contributed by atoms with E-state index < -0.39 is 5.97 Å². The van der Waals surface area contributed by atoms with Gasteiger partial charge < -0.3 is 9.47 Å². The minimum absolute atomic E-state index is 0.0980. The molecule has 0 unspecified atom stereocenters. The number of amides is 1. The number of benzene rings is 2. The fraction of sp³-hybridized carbons (Fsp3) is 0.263. The van der Waals surface area contributed by atoms with Crippen LogP contribution in [0.2, 0.25) is 0 Å². The lowest BCUT2D eigenvalue weighted by Crippen LogP contribution is -2.43. The highest BCUT2D eigenvalue weighted by Gasteiger charge is 2.28. The third-order valence-electron chi connectivity index (χ3n) is 4.24. The van der Waals surface area contributed by atoms with E-state index in [1.807, 2.05) is 32.9 Å². The standard InChI is InChI=1S/C19H18BrNO4/c1-11-4-5-12(2)19(13(11)3)25-18(23)9-21-15-7-6-14(20)8-16(15)24-10-17(21)22/h4-8H,9-10H2,1-3H3. The number of ether oxygens (including phenoxy) is 2. The third kappa shape index (κ3) is 3.54. The van der Waals surface area contributed by atoms with Gasteiger partial charge >= 0.3 is 5.97 Å². The fourth-order valence-corrected chi connectivity index (χ4v) is 3.05. The molecule has 2 aromatic carbocycles. The van der Waals surface area contributed by atoms with Crippen LogP contribution in [0.1, 0.15) is 16.7 Å². The van der Waals surface area contributed by atoms with Crippen LogP contribution in [0.15, 0.2) is 34.8 Å². The van der Waals surface area contributed by atoms with Gasteiger partial charge in [-0.3, -0.25) is 9.69 Å². The fourth-order valence-electron chi connectivity index (χ4n) is 2.71. The monoisotopic (exact) mass is 403 g/mol. The number of aryl methyl sites for hydroxylation is 2. The van der Waals surface area contributed by atoms with E-state index in [0.717, 1.165) is 21.2 Å². The summed E-state index contributed by atoms with van der Waals surface area (Å²) in [5, 5.41) is 0. The van der Waals surface area contributed by atoms with Gasteiger partial charge in [0, 0.05) is 4.47 Å². The Morgan fingerprint density at radius 1 is 1.20 bits per heavy atom. The maximum Gasteiger partial charge on any atom is 0.331 e. The van der Waals surface area contributed by atoms with E-state index in [9.17, 15) is 9.59 Å². The van der Waals surface area contributed by atoms with Crippen LogP contribution < -0.4 is 14.4 Å². The lowest BCUT2D eigenvalue weighted by molar-refractivity contribution is -0.134. The molecule has 0 saturated carbocycles. The van der Waals surface area contributed by atoms with Crippen molar-refractivity contribution in [1.82, 2.24) is 0 Å². The second-order valence-electron chi connectivity index (χ2n) is 6.01. The second kappa shape index (κ2) is 6.88. The normalized spacial score (nSPS) is 13.3. The lowest BCUT2D eigenvalue weighted by Gasteiger charge is -2.28. The summed E-state index contributed by atoms with van der Waals surface area (Å²) in [5.74, 6) is 0.358. The maximum atomic E-state index is 12.5. The van der Waals surface area contributed by atoms with Crippen LogP contribution in [0.4, 0.5) is 5.69 Å². The topological polar surface area (TPSA) is 55.8 Å². The zero-order chi connectivity index (χ0) is 18.1. The molecule has 0 aliphatic carbocycles. The van der Waals surface area contributed by atoms with Gasteiger partial charge in [0.05, 0.1) is 5.69 Å². The van der Waals surface area contributed by atoms with Crippen molar-refractivity contribution in [2.75, 3.05) is 18.1 Å². The Kier molecular flexibility index (Phi) is 4.81. The second-order valence-corrected chi connectivity index (χ2v) is 6.92. The Hall–Kier alpha value is -2.34. The van der Waals surface area contributed by atoms with Crippen molar-refractivity contribution >= 4 is 33.5 Å². The van der Waals surface area contributed by atoms with Gasteiger partial charge in [0.2, 0.25) is 0 Å². The zero-order valence-corrected chi connectivity index (χ0v) is 15.8. The summed E-state index contributed by atoms with van der Waals surface area (Å²) in [6.45, 7) is 5.51. The summed E-state index contributed by atoms with van der Waals surface area (Å²) in [4.78, 5) is 26.0. The van der Waals surface area contributed by atoms with E-state index in [4.69, 9.17) is 9.47 Å². The van der Waals surface area contributed by atoms with Gasteiger partial charge in [0.15, 0.2) is 6.61 Å². The van der Waals surface area contributed by atoms with Gasteiger partial charge in [-0.15, -0.1) is 0 Å². The van der Waals surface area contributed by atoms with Crippen molar-refractivity contribution in [3.05, 3.63) is 51.5 Å². The molecule has 1 aliphatic heterocycles. The van der Waals surface area contributed by atoms with Crippen molar-refractivity contribution in [3.8, 4) is 11.5 Å². The Bertz CT molecular complexity index is 863. The molecule has 2 aromatic rings. The van der Waals surface area contributed by atoms with Crippen LogP contribution in [-0.4, -0.2) is 25.0 Å². The molecule has 0 N–H and O–H groups in total. The largest absolute Gasteiger partial charge is 0.482 e. The zero-order valence-electron chi connectivity index (χ0n) is 14.3. The molecule has 0 saturated heterocycles. The van der Waals surface area contributed by atoms with Crippen LogP contribution in [0.5, 0.6) is 11.5 Å². The van der Waals surface area contributed by atoms with Crippen LogP contribution in [0.3, 0.4) is 0 Å². The maximum absolute atomic E-state index is 12.5. The molecule has 0 spiro atoms. The van der Waals surface area contributed by atoms with E-state index in [1.54, 1.807) is 18.2 Å². The van der Waals surface area contributed by atoms with Gasteiger partial charge in [-0.2, -0.15) is 0 Å². The van der Waals surface area contributed by atoms with Crippen molar-refractivity contribution in [2.45, 2.75) is 20.8 Å². The van der Waals surface area contributed by atoms with E-state index >= 15 is 0 Å². The predicted molar refractivity (Wildman–Crippen MR) is 98.3 cm³/mol. The molecule has 1 heterocycles. The van der Waals surface area contributed by atoms with Gasteiger partial charge in [-0.1, -0.05) is 28.1 Å². The molecule has 0 aromatic heterocycles. The average Bonchev–Trinajstić information content (AvgIpc) is 2.58. The number of hydrogen-bond donors (Lipinski definition) is 0. The van der Waals surface area contributed by atoms with E-state index in [0.29, 0.717) is 17.2 Å². The highest BCUT2D eigenvalue weighted by atomic mass is 79.9. The van der Waals surface area contributed by atoms with E-state index in [1.165, 1.54) is 4.90 Å². The first-order valence-corrected chi connectivity index (χ1v) is 8.66. The number of halogens is 1. The average molecular weight is 404 g/mol. The smallest absolute Gasteiger partial charge is 0.331 e. The van der Waals surface area contributed by atoms with Crippen LogP contribution >= 0.6 is 15.9 Å². The van der Waals surface area contributed by atoms with Gasteiger partial charge in [0.1, 0.15) is 18.0 Å². The number of hydrogen-bond acceptors (Lipinski definition) is 4. The summed E-state index contributed by atoms with van der Waals surface area (Å²) in [6, 6.07) is 9.22.